The Balaban J connectivity index is 1.62. The predicted octanol–water partition coefficient (Wildman–Crippen LogP) is 6.25. The Morgan fingerprint density at radius 2 is 1.69 bits per heavy atom. The molecule has 0 heterocycles. The molecule has 0 fully saturated rings. The van der Waals surface area contributed by atoms with Crippen LogP contribution in [0.15, 0.2) is 71.6 Å². The van der Waals surface area contributed by atoms with Gasteiger partial charge >= 0.3 is 0 Å². The first-order valence-corrected chi connectivity index (χ1v) is 14.5. The molecule has 5 nitrogen and oxygen atoms in total. The van der Waals surface area contributed by atoms with Crippen molar-refractivity contribution in [2.24, 2.45) is 0 Å². The van der Waals surface area contributed by atoms with Crippen LogP contribution in [-0.4, -0.2) is 33.2 Å². The predicted molar refractivity (Wildman–Crippen MR) is 147 cm³/mol. The molecule has 9 heteroatoms. The molecule has 3 aromatic rings. The third kappa shape index (κ3) is 7.64. The minimum Gasteiger partial charge on any atom is -0.354 e. The summed E-state index contributed by atoms with van der Waals surface area (Å²) in [6.07, 6.45) is 0.752. The molecule has 0 aliphatic heterocycles. The number of hydrogen-bond donors (Lipinski definition) is 1. The van der Waals surface area contributed by atoms with E-state index in [1.54, 1.807) is 54.2 Å². The number of halogens is 2. The van der Waals surface area contributed by atoms with Gasteiger partial charge in [0.25, 0.3) is 10.0 Å². The van der Waals surface area contributed by atoms with Crippen molar-refractivity contribution in [3.8, 4) is 0 Å². The fourth-order valence-electron chi connectivity index (χ4n) is 3.28. The van der Waals surface area contributed by atoms with Crippen molar-refractivity contribution >= 4 is 56.6 Å². The van der Waals surface area contributed by atoms with E-state index in [9.17, 15) is 13.2 Å². The highest BCUT2D eigenvalue weighted by Crippen LogP contribution is 2.28. The SMILES string of the molecule is Cc1ccc(S(=O)(=O)N(CC(=O)NCCCSCc2ccccc2Cl)c2ccc(C)c(Cl)c2)cc1. The average molecular weight is 552 g/mol. The van der Waals surface area contributed by atoms with E-state index < -0.39 is 10.0 Å². The summed E-state index contributed by atoms with van der Waals surface area (Å²) in [5.41, 5.74) is 3.18. The fourth-order valence-corrected chi connectivity index (χ4v) is 6.11. The minimum atomic E-state index is -3.97. The quantitative estimate of drug-likeness (QED) is 0.287. The van der Waals surface area contributed by atoms with Crippen molar-refractivity contribution < 1.29 is 13.2 Å². The molecule has 0 saturated carbocycles. The zero-order chi connectivity index (χ0) is 25.4. The summed E-state index contributed by atoms with van der Waals surface area (Å²) >= 11 is 14.2. The molecule has 35 heavy (non-hydrogen) atoms. The number of carbonyl (C=O) groups is 1. The van der Waals surface area contributed by atoms with Gasteiger partial charge in [0.15, 0.2) is 0 Å². The molecule has 0 bridgehead atoms. The molecule has 1 amide bonds. The van der Waals surface area contributed by atoms with Crippen LogP contribution < -0.4 is 9.62 Å². The van der Waals surface area contributed by atoms with Crippen LogP contribution in [0.5, 0.6) is 0 Å². The van der Waals surface area contributed by atoms with Gasteiger partial charge < -0.3 is 5.32 Å². The van der Waals surface area contributed by atoms with E-state index in [-0.39, 0.29) is 17.3 Å². The van der Waals surface area contributed by atoms with Crippen molar-refractivity contribution in [2.45, 2.75) is 30.9 Å². The second-order valence-corrected chi connectivity index (χ2v) is 11.9. The third-order valence-electron chi connectivity index (χ3n) is 5.34. The zero-order valence-corrected chi connectivity index (χ0v) is 22.8. The normalized spacial score (nSPS) is 11.3. The van der Waals surface area contributed by atoms with Crippen LogP contribution in [0.2, 0.25) is 10.0 Å². The Bertz CT molecular complexity index is 1270. The zero-order valence-electron chi connectivity index (χ0n) is 19.6. The monoisotopic (exact) mass is 550 g/mol. The molecule has 186 valence electrons. The highest BCUT2D eigenvalue weighted by molar-refractivity contribution is 7.98. The van der Waals surface area contributed by atoms with Crippen LogP contribution in [0, 0.1) is 13.8 Å². The van der Waals surface area contributed by atoms with Crippen molar-refractivity contribution in [3.63, 3.8) is 0 Å². The van der Waals surface area contributed by atoms with Gasteiger partial charge in [0.1, 0.15) is 6.54 Å². The van der Waals surface area contributed by atoms with E-state index in [1.807, 2.05) is 38.1 Å². The van der Waals surface area contributed by atoms with E-state index in [1.165, 1.54) is 0 Å². The average Bonchev–Trinajstić information content (AvgIpc) is 2.83. The number of nitrogens with zero attached hydrogens (tertiary/aromatic N) is 1. The van der Waals surface area contributed by atoms with Gasteiger partial charge in [0.05, 0.1) is 10.6 Å². The van der Waals surface area contributed by atoms with E-state index in [2.05, 4.69) is 5.32 Å². The van der Waals surface area contributed by atoms with Gasteiger partial charge in [-0.15, -0.1) is 0 Å². The van der Waals surface area contributed by atoms with Crippen LogP contribution in [0.1, 0.15) is 23.1 Å². The molecule has 1 N–H and O–H groups in total. The summed E-state index contributed by atoms with van der Waals surface area (Å²) in [6.45, 7) is 3.82. The first-order valence-electron chi connectivity index (χ1n) is 11.1. The van der Waals surface area contributed by atoms with Crippen molar-refractivity contribution in [1.29, 1.82) is 0 Å². The molecule has 0 radical (unpaired) electrons. The number of thioether (sulfide) groups is 1. The van der Waals surface area contributed by atoms with Crippen LogP contribution in [-0.2, 0) is 20.6 Å². The lowest BCUT2D eigenvalue weighted by Crippen LogP contribution is -2.41. The lowest BCUT2D eigenvalue weighted by molar-refractivity contribution is -0.119. The molecule has 0 aromatic heterocycles. The Morgan fingerprint density at radius 3 is 2.37 bits per heavy atom. The third-order valence-corrected chi connectivity index (χ3v) is 9.00. The molecule has 0 atom stereocenters. The van der Waals surface area contributed by atoms with Crippen molar-refractivity contribution in [3.05, 3.63) is 93.5 Å². The number of benzene rings is 3. The summed E-state index contributed by atoms with van der Waals surface area (Å²) in [5, 5.41) is 4.02. The van der Waals surface area contributed by atoms with Crippen LogP contribution in [0.4, 0.5) is 5.69 Å². The fraction of sp³-hybridized carbons (Fsp3) is 0.269. The maximum absolute atomic E-state index is 13.4. The molecule has 3 rings (SSSR count). The topological polar surface area (TPSA) is 66.5 Å². The van der Waals surface area contributed by atoms with Gasteiger partial charge in [-0.2, -0.15) is 11.8 Å². The summed E-state index contributed by atoms with van der Waals surface area (Å²) in [5.74, 6) is 1.25. The van der Waals surface area contributed by atoms with Crippen LogP contribution in [0.3, 0.4) is 0 Å². The van der Waals surface area contributed by atoms with E-state index in [0.29, 0.717) is 17.3 Å². The largest absolute Gasteiger partial charge is 0.354 e. The van der Waals surface area contributed by atoms with Crippen molar-refractivity contribution in [2.75, 3.05) is 23.1 Å². The summed E-state index contributed by atoms with van der Waals surface area (Å²) < 4.78 is 28.0. The lowest BCUT2D eigenvalue weighted by Gasteiger charge is -2.24. The van der Waals surface area contributed by atoms with E-state index in [0.717, 1.165) is 43.9 Å². The number of hydrogen-bond acceptors (Lipinski definition) is 4. The molecular weight excluding hydrogens is 523 g/mol. The van der Waals surface area contributed by atoms with Gasteiger partial charge in [0.2, 0.25) is 5.91 Å². The number of nitrogens with one attached hydrogen (secondary N) is 1. The lowest BCUT2D eigenvalue weighted by atomic mass is 10.2. The van der Waals surface area contributed by atoms with Gasteiger partial charge in [-0.05, 0) is 67.5 Å². The molecule has 0 aliphatic rings. The standard InChI is InChI=1S/C26H28Cl2N2O3S2/c1-19-8-12-23(13-9-19)35(32,33)30(22-11-10-20(2)25(28)16-22)17-26(31)29-14-5-15-34-18-21-6-3-4-7-24(21)27/h3-4,6-13,16H,5,14-15,17-18H2,1-2H3,(H,29,31). The summed E-state index contributed by atoms with van der Waals surface area (Å²) in [6, 6.07) is 19.2. The molecular formula is C26H28Cl2N2O3S2. The van der Waals surface area contributed by atoms with Gasteiger partial charge in [-0.25, -0.2) is 8.42 Å². The molecule has 0 saturated heterocycles. The van der Waals surface area contributed by atoms with Gasteiger partial charge in [-0.1, -0.05) is 65.2 Å². The Hall–Kier alpha value is -2.19. The molecule has 3 aromatic carbocycles. The number of carbonyl (C=O) groups excluding carboxylic acids is 1. The first-order chi connectivity index (χ1) is 16.7. The van der Waals surface area contributed by atoms with Crippen LogP contribution >= 0.6 is 35.0 Å². The van der Waals surface area contributed by atoms with Crippen LogP contribution in [0.25, 0.3) is 0 Å². The first kappa shape index (κ1) is 27.4. The van der Waals surface area contributed by atoms with Gasteiger partial charge in [0, 0.05) is 22.3 Å². The Kier molecular flexibility index (Phi) is 9.92. The maximum atomic E-state index is 13.4. The van der Waals surface area contributed by atoms with Gasteiger partial charge in [-0.3, -0.25) is 9.10 Å². The number of anilines is 1. The maximum Gasteiger partial charge on any atom is 0.264 e. The number of rotatable bonds is 11. The number of sulfonamides is 1. The Labute approximate surface area is 221 Å². The minimum absolute atomic E-state index is 0.114. The summed E-state index contributed by atoms with van der Waals surface area (Å²) in [7, 11) is -3.97. The Morgan fingerprint density at radius 1 is 0.971 bits per heavy atom. The molecule has 0 unspecified atom stereocenters. The van der Waals surface area contributed by atoms with Crippen molar-refractivity contribution in [1.82, 2.24) is 5.32 Å². The highest BCUT2D eigenvalue weighted by Gasteiger charge is 2.27. The number of amides is 1. The number of aryl methyl sites for hydroxylation is 2. The summed E-state index contributed by atoms with van der Waals surface area (Å²) in [4.78, 5) is 12.8. The molecule has 0 spiro atoms. The smallest absolute Gasteiger partial charge is 0.264 e. The highest BCUT2D eigenvalue weighted by atomic mass is 35.5. The van der Waals surface area contributed by atoms with E-state index in [4.69, 9.17) is 23.2 Å². The van der Waals surface area contributed by atoms with E-state index >= 15 is 0 Å². The second-order valence-electron chi connectivity index (χ2n) is 8.11. The second kappa shape index (κ2) is 12.7. The molecule has 0 aliphatic carbocycles.